The molecule has 110 valence electrons. The molecule has 3 rings (SSSR count). The molecule has 1 heterocycles. The topological polar surface area (TPSA) is 62.2 Å². The van der Waals surface area contributed by atoms with Gasteiger partial charge in [0.25, 0.3) is 0 Å². The van der Waals surface area contributed by atoms with Crippen LogP contribution in [-0.2, 0) is 10.3 Å². The molecule has 0 aliphatic heterocycles. The Morgan fingerprint density at radius 1 is 1.25 bits per heavy atom. The molecule has 1 aromatic rings. The Morgan fingerprint density at radius 2 is 1.90 bits per heavy atom. The molecule has 2 aliphatic rings. The highest BCUT2D eigenvalue weighted by molar-refractivity contribution is 7.09. The maximum atomic E-state index is 12.4. The third kappa shape index (κ3) is 2.74. The van der Waals surface area contributed by atoms with Gasteiger partial charge < -0.3 is 10.4 Å². The minimum Gasteiger partial charge on any atom is -0.389 e. The highest BCUT2D eigenvalue weighted by Gasteiger charge is 2.41. The van der Waals surface area contributed by atoms with Crippen LogP contribution in [0.15, 0.2) is 11.6 Å². The summed E-state index contributed by atoms with van der Waals surface area (Å²) in [4.78, 5) is 16.8. The molecule has 0 aromatic carbocycles. The van der Waals surface area contributed by atoms with Crippen molar-refractivity contribution in [2.75, 3.05) is 0 Å². The zero-order valence-corrected chi connectivity index (χ0v) is 12.5. The predicted molar refractivity (Wildman–Crippen MR) is 78.4 cm³/mol. The van der Waals surface area contributed by atoms with E-state index in [0.29, 0.717) is 0 Å². The number of carbonyl (C=O) groups excluding carboxylic acids is 1. The number of thiazole rings is 1. The van der Waals surface area contributed by atoms with Crippen LogP contribution in [0.4, 0.5) is 0 Å². The number of nitrogens with one attached hydrogen (secondary N) is 1. The first-order chi connectivity index (χ1) is 9.62. The molecular formula is C15H22N2O2S. The smallest absolute Gasteiger partial charge is 0.223 e. The Bertz CT molecular complexity index is 460. The Labute approximate surface area is 123 Å². The maximum Gasteiger partial charge on any atom is 0.223 e. The first-order valence-corrected chi connectivity index (χ1v) is 8.43. The maximum absolute atomic E-state index is 12.4. The summed E-state index contributed by atoms with van der Waals surface area (Å²) in [5.74, 6) is -0.0218. The van der Waals surface area contributed by atoms with Gasteiger partial charge in [-0.05, 0) is 25.7 Å². The van der Waals surface area contributed by atoms with Crippen LogP contribution < -0.4 is 5.32 Å². The first kappa shape index (κ1) is 14.0. The molecule has 2 fully saturated rings. The number of carbonyl (C=O) groups is 1. The van der Waals surface area contributed by atoms with Gasteiger partial charge in [-0.3, -0.25) is 4.79 Å². The second kappa shape index (κ2) is 5.45. The van der Waals surface area contributed by atoms with Gasteiger partial charge in [-0.15, -0.1) is 11.3 Å². The van der Waals surface area contributed by atoms with Crippen molar-refractivity contribution in [1.29, 1.82) is 0 Å². The standard InChI is InChI=1S/C15H22N2O2S/c18-12(11-14(19)5-1-2-6-14)17-15(7-3-4-8-15)13-16-9-10-20-13/h9-10,19H,1-8,11H2,(H,17,18). The number of rotatable bonds is 4. The molecule has 2 aliphatic carbocycles. The van der Waals surface area contributed by atoms with Crippen molar-refractivity contribution < 1.29 is 9.90 Å². The summed E-state index contributed by atoms with van der Waals surface area (Å²) in [6, 6.07) is 0. The fourth-order valence-electron chi connectivity index (χ4n) is 3.65. The summed E-state index contributed by atoms with van der Waals surface area (Å²) < 4.78 is 0. The summed E-state index contributed by atoms with van der Waals surface area (Å²) in [6.07, 6.45) is 9.79. The van der Waals surface area contributed by atoms with Crippen molar-refractivity contribution >= 4 is 17.2 Å². The van der Waals surface area contributed by atoms with Crippen molar-refractivity contribution in [2.24, 2.45) is 0 Å². The SMILES string of the molecule is O=C(CC1(O)CCCC1)NC1(c2nccs2)CCCC1. The van der Waals surface area contributed by atoms with Gasteiger partial charge in [-0.25, -0.2) is 4.98 Å². The quantitative estimate of drug-likeness (QED) is 0.897. The zero-order chi connectivity index (χ0) is 14.1. The molecule has 0 unspecified atom stereocenters. The minimum atomic E-state index is -0.771. The second-order valence-electron chi connectivity index (χ2n) is 6.28. The highest BCUT2D eigenvalue weighted by atomic mass is 32.1. The molecule has 2 N–H and O–H groups in total. The van der Waals surface area contributed by atoms with Crippen molar-refractivity contribution in [1.82, 2.24) is 10.3 Å². The fourth-order valence-corrected chi connectivity index (χ4v) is 4.50. The molecule has 5 heteroatoms. The van der Waals surface area contributed by atoms with Gasteiger partial charge in [0, 0.05) is 11.6 Å². The highest BCUT2D eigenvalue weighted by Crippen LogP contribution is 2.40. The Hall–Kier alpha value is -0.940. The average molecular weight is 294 g/mol. The molecule has 0 radical (unpaired) electrons. The number of hydrogen-bond acceptors (Lipinski definition) is 4. The predicted octanol–water partition coefficient (Wildman–Crippen LogP) is 2.72. The molecule has 0 atom stereocenters. The van der Waals surface area contributed by atoms with Crippen LogP contribution in [0.5, 0.6) is 0 Å². The molecular weight excluding hydrogens is 272 g/mol. The van der Waals surface area contributed by atoms with Gasteiger partial charge in [0.05, 0.1) is 17.6 Å². The van der Waals surface area contributed by atoms with Crippen LogP contribution in [0.25, 0.3) is 0 Å². The van der Waals surface area contributed by atoms with E-state index in [4.69, 9.17) is 0 Å². The zero-order valence-electron chi connectivity index (χ0n) is 11.7. The molecule has 0 saturated heterocycles. The van der Waals surface area contributed by atoms with Crippen molar-refractivity contribution in [3.63, 3.8) is 0 Å². The van der Waals surface area contributed by atoms with Crippen LogP contribution in [0.2, 0.25) is 0 Å². The fraction of sp³-hybridized carbons (Fsp3) is 0.733. The van der Waals surface area contributed by atoms with E-state index in [1.165, 1.54) is 0 Å². The van der Waals surface area contributed by atoms with Gasteiger partial charge in [0.2, 0.25) is 5.91 Å². The van der Waals surface area contributed by atoms with Crippen LogP contribution in [0.3, 0.4) is 0 Å². The number of hydrogen-bond donors (Lipinski definition) is 2. The summed E-state index contributed by atoms with van der Waals surface area (Å²) >= 11 is 1.61. The van der Waals surface area contributed by atoms with Crippen molar-refractivity contribution in [2.45, 2.75) is 68.9 Å². The van der Waals surface area contributed by atoms with Gasteiger partial charge in [-0.1, -0.05) is 25.7 Å². The lowest BCUT2D eigenvalue weighted by molar-refractivity contribution is -0.128. The van der Waals surface area contributed by atoms with E-state index in [2.05, 4.69) is 10.3 Å². The van der Waals surface area contributed by atoms with E-state index in [9.17, 15) is 9.90 Å². The lowest BCUT2D eigenvalue weighted by Gasteiger charge is -2.30. The minimum absolute atomic E-state index is 0.0218. The lowest BCUT2D eigenvalue weighted by Crippen LogP contribution is -2.46. The van der Waals surface area contributed by atoms with Gasteiger partial charge in [0.15, 0.2) is 0 Å². The second-order valence-corrected chi connectivity index (χ2v) is 7.18. The molecule has 4 nitrogen and oxygen atoms in total. The van der Waals surface area contributed by atoms with E-state index in [1.54, 1.807) is 17.5 Å². The van der Waals surface area contributed by atoms with E-state index in [0.717, 1.165) is 56.4 Å². The van der Waals surface area contributed by atoms with E-state index < -0.39 is 5.60 Å². The van der Waals surface area contributed by atoms with Gasteiger partial charge >= 0.3 is 0 Å². The van der Waals surface area contributed by atoms with Crippen LogP contribution in [0.1, 0.15) is 62.8 Å². The molecule has 2 saturated carbocycles. The number of aliphatic hydroxyl groups is 1. The van der Waals surface area contributed by atoms with Crippen molar-refractivity contribution in [3.05, 3.63) is 16.6 Å². The molecule has 1 aromatic heterocycles. The summed E-state index contributed by atoms with van der Waals surface area (Å²) in [6.45, 7) is 0. The number of amides is 1. The van der Waals surface area contributed by atoms with Crippen LogP contribution >= 0.6 is 11.3 Å². The molecule has 20 heavy (non-hydrogen) atoms. The lowest BCUT2D eigenvalue weighted by atomic mass is 9.94. The number of aromatic nitrogens is 1. The third-order valence-electron chi connectivity index (χ3n) is 4.70. The van der Waals surface area contributed by atoms with E-state index in [-0.39, 0.29) is 17.9 Å². The first-order valence-electron chi connectivity index (χ1n) is 7.55. The number of nitrogens with zero attached hydrogens (tertiary/aromatic N) is 1. The van der Waals surface area contributed by atoms with E-state index in [1.807, 2.05) is 5.38 Å². The average Bonchev–Trinajstić information content (AvgIpc) is 3.09. The third-order valence-corrected chi connectivity index (χ3v) is 5.68. The molecule has 0 spiro atoms. The molecule has 1 amide bonds. The van der Waals surface area contributed by atoms with Gasteiger partial charge in [0.1, 0.15) is 5.01 Å². The largest absolute Gasteiger partial charge is 0.389 e. The summed E-state index contributed by atoms with van der Waals surface area (Å²) in [5.41, 5.74) is -1.05. The van der Waals surface area contributed by atoms with Crippen molar-refractivity contribution in [3.8, 4) is 0 Å². The Morgan fingerprint density at radius 3 is 2.50 bits per heavy atom. The normalized spacial score (nSPS) is 23.9. The van der Waals surface area contributed by atoms with Crippen LogP contribution in [-0.4, -0.2) is 21.6 Å². The van der Waals surface area contributed by atoms with E-state index >= 15 is 0 Å². The summed E-state index contributed by atoms with van der Waals surface area (Å²) in [5, 5.41) is 16.6. The monoisotopic (exact) mass is 294 g/mol. The Kier molecular flexibility index (Phi) is 3.82. The Balaban J connectivity index is 1.69. The summed E-state index contributed by atoms with van der Waals surface area (Å²) in [7, 11) is 0. The van der Waals surface area contributed by atoms with Crippen LogP contribution in [0, 0.1) is 0 Å². The molecule has 0 bridgehead atoms. The van der Waals surface area contributed by atoms with Gasteiger partial charge in [-0.2, -0.15) is 0 Å².